The van der Waals surface area contributed by atoms with Crippen molar-refractivity contribution < 1.29 is 36.6 Å². The molecule has 0 saturated heterocycles. The van der Waals surface area contributed by atoms with Crippen LogP contribution in [-0.2, 0) is 15.7 Å². The zero-order valence-corrected chi connectivity index (χ0v) is 17.6. The first-order valence-electron chi connectivity index (χ1n) is 9.86. The molecule has 1 heterocycles. The number of fused-ring (bicyclic) bond motifs is 1. The van der Waals surface area contributed by atoms with Crippen LogP contribution in [0.5, 0.6) is 17.2 Å². The van der Waals surface area contributed by atoms with Gasteiger partial charge in [0.25, 0.3) is 5.76 Å². The first-order valence-corrected chi connectivity index (χ1v) is 9.86. The van der Waals surface area contributed by atoms with Crippen LogP contribution in [0.15, 0.2) is 51.7 Å². The second-order valence-electron chi connectivity index (χ2n) is 7.09. The number of hydrogen-bond donors (Lipinski definition) is 0. The van der Waals surface area contributed by atoms with Gasteiger partial charge in [-0.25, -0.2) is 4.79 Å². The van der Waals surface area contributed by atoms with Crippen molar-refractivity contribution in [3.05, 3.63) is 64.0 Å². The standard InChI is InChI=1S/C23H21F3O6/c1-4-10-29-22(28)14(3)30-16-8-9-17-18(12-16)32-21(23(24,25)26)20(19(17)27)31-15-7-5-6-13(2)11-15/h5-9,11-12,14H,4,10H2,1-3H3. The minimum atomic E-state index is -4.99. The van der Waals surface area contributed by atoms with Gasteiger partial charge in [-0.05, 0) is 50.1 Å². The zero-order valence-electron chi connectivity index (χ0n) is 17.6. The van der Waals surface area contributed by atoms with Crippen molar-refractivity contribution in [1.29, 1.82) is 0 Å². The maximum Gasteiger partial charge on any atom is 0.453 e. The van der Waals surface area contributed by atoms with Crippen LogP contribution >= 0.6 is 0 Å². The Morgan fingerprint density at radius 2 is 1.88 bits per heavy atom. The number of rotatable bonds is 7. The van der Waals surface area contributed by atoms with Crippen molar-refractivity contribution in [1.82, 2.24) is 0 Å². The quantitative estimate of drug-likeness (QED) is 0.434. The molecule has 0 spiro atoms. The number of carbonyl (C=O) groups is 1. The molecule has 0 bridgehead atoms. The Balaban J connectivity index is 2.01. The Bertz CT molecular complexity index is 1180. The summed E-state index contributed by atoms with van der Waals surface area (Å²) in [6, 6.07) is 9.99. The molecule has 0 aliphatic heterocycles. The summed E-state index contributed by atoms with van der Waals surface area (Å²) < 4.78 is 61.8. The molecule has 0 amide bonds. The number of halogens is 3. The molecule has 6 nitrogen and oxygen atoms in total. The van der Waals surface area contributed by atoms with E-state index >= 15 is 0 Å². The van der Waals surface area contributed by atoms with Gasteiger partial charge in [-0.1, -0.05) is 19.1 Å². The van der Waals surface area contributed by atoms with E-state index in [0.717, 1.165) is 11.6 Å². The van der Waals surface area contributed by atoms with E-state index in [4.69, 9.17) is 18.6 Å². The lowest BCUT2D eigenvalue weighted by Gasteiger charge is -2.15. The highest BCUT2D eigenvalue weighted by Gasteiger charge is 2.40. The molecule has 0 saturated carbocycles. The van der Waals surface area contributed by atoms with Gasteiger partial charge in [-0.2, -0.15) is 13.2 Å². The maximum absolute atomic E-state index is 13.7. The van der Waals surface area contributed by atoms with E-state index in [0.29, 0.717) is 6.42 Å². The normalized spacial score (nSPS) is 12.4. The molecule has 32 heavy (non-hydrogen) atoms. The molecule has 1 aromatic heterocycles. The molecule has 1 atom stereocenters. The molecule has 3 aromatic rings. The average Bonchev–Trinajstić information content (AvgIpc) is 2.73. The van der Waals surface area contributed by atoms with Crippen molar-refractivity contribution in [2.45, 2.75) is 39.5 Å². The van der Waals surface area contributed by atoms with Crippen molar-refractivity contribution in [3.63, 3.8) is 0 Å². The molecule has 0 aliphatic carbocycles. The molecular weight excluding hydrogens is 429 g/mol. The van der Waals surface area contributed by atoms with Crippen LogP contribution in [0.4, 0.5) is 13.2 Å². The number of ether oxygens (including phenoxy) is 3. The van der Waals surface area contributed by atoms with Gasteiger partial charge in [0.05, 0.1) is 12.0 Å². The summed E-state index contributed by atoms with van der Waals surface area (Å²) in [7, 11) is 0. The van der Waals surface area contributed by atoms with Gasteiger partial charge in [-0.3, -0.25) is 4.79 Å². The number of benzene rings is 2. The Morgan fingerprint density at radius 3 is 2.53 bits per heavy atom. The first kappa shape index (κ1) is 23.2. The second kappa shape index (κ2) is 9.33. The van der Waals surface area contributed by atoms with Crippen LogP contribution in [-0.4, -0.2) is 18.7 Å². The van der Waals surface area contributed by atoms with Crippen LogP contribution in [0.1, 0.15) is 31.6 Å². The Kier molecular flexibility index (Phi) is 6.76. The summed E-state index contributed by atoms with van der Waals surface area (Å²) >= 11 is 0. The van der Waals surface area contributed by atoms with E-state index in [1.807, 2.05) is 6.92 Å². The summed E-state index contributed by atoms with van der Waals surface area (Å²) in [5.41, 5.74) is -0.595. The summed E-state index contributed by atoms with van der Waals surface area (Å²) in [5, 5.41) is -0.130. The smallest absolute Gasteiger partial charge is 0.453 e. The molecule has 0 fully saturated rings. The summed E-state index contributed by atoms with van der Waals surface area (Å²) in [4.78, 5) is 24.7. The van der Waals surface area contributed by atoms with Crippen LogP contribution in [0.25, 0.3) is 11.0 Å². The fourth-order valence-corrected chi connectivity index (χ4v) is 2.88. The van der Waals surface area contributed by atoms with E-state index in [2.05, 4.69) is 0 Å². The third kappa shape index (κ3) is 5.22. The highest BCUT2D eigenvalue weighted by atomic mass is 19.4. The SMILES string of the molecule is CCCOC(=O)C(C)Oc1ccc2c(=O)c(Oc3cccc(C)c3)c(C(F)(F)F)oc2c1. The summed E-state index contributed by atoms with van der Waals surface area (Å²) in [6.45, 7) is 5.23. The van der Waals surface area contributed by atoms with Crippen molar-refractivity contribution in [2.24, 2.45) is 0 Å². The van der Waals surface area contributed by atoms with Gasteiger partial charge in [0.1, 0.15) is 17.1 Å². The first-order chi connectivity index (χ1) is 15.1. The van der Waals surface area contributed by atoms with Gasteiger partial charge in [0.2, 0.25) is 11.2 Å². The fraction of sp³-hybridized carbons (Fsp3) is 0.304. The summed E-state index contributed by atoms with van der Waals surface area (Å²) in [5.74, 6) is -3.03. The van der Waals surface area contributed by atoms with E-state index in [-0.39, 0.29) is 29.1 Å². The van der Waals surface area contributed by atoms with Gasteiger partial charge in [0, 0.05) is 6.07 Å². The van der Waals surface area contributed by atoms with E-state index in [9.17, 15) is 22.8 Å². The van der Waals surface area contributed by atoms with E-state index in [1.54, 1.807) is 19.1 Å². The van der Waals surface area contributed by atoms with E-state index in [1.165, 1.54) is 31.2 Å². The van der Waals surface area contributed by atoms with Gasteiger partial charge < -0.3 is 18.6 Å². The number of esters is 1. The number of carbonyl (C=O) groups excluding carboxylic acids is 1. The van der Waals surface area contributed by atoms with Gasteiger partial charge in [0.15, 0.2) is 6.10 Å². The number of alkyl halides is 3. The Labute approximate surface area is 181 Å². The number of hydrogen-bond acceptors (Lipinski definition) is 6. The van der Waals surface area contributed by atoms with E-state index < -0.39 is 35.2 Å². The fourth-order valence-electron chi connectivity index (χ4n) is 2.88. The van der Waals surface area contributed by atoms with Gasteiger partial charge in [-0.15, -0.1) is 0 Å². The molecule has 9 heteroatoms. The largest absolute Gasteiger partial charge is 0.479 e. The van der Waals surface area contributed by atoms with Crippen molar-refractivity contribution in [2.75, 3.05) is 6.61 Å². The molecule has 0 radical (unpaired) electrons. The molecule has 2 aromatic carbocycles. The van der Waals surface area contributed by atoms with Crippen LogP contribution in [0.2, 0.25) is 0 Å². The minimum absolute atomic E-state index is 0.0436. The molecule has 3 rings (SSSR count). The highest BCUT2D eigenvalue weighted by Crippen LogP contribution is 2.38. The Hall–Kier alpha value is -3.49. The van der Waals surface area contributed by atoms with Crippen LogP contribution in [0, 0.1) is 6.92 Å². The lowest BCUT2D eigenvalue weighted by molar-refractivity contribution is -0.154. The summed E-state index contributed by atoms with van der Waals surface area (Å²) in [6.07, 6.45) is -5.36. The topological polar surface area (TPSA) is 75.0 Å². The third-order valence-corrected chi connectivity index (χ3v) is 4.38. The molecule has 170 valence electrons. The lowest BCUT2D eigenvalue weighted by atomic mass is 10.2. The molecule has 0 N–H and O–H groups in total. The minimum Gasteiger partial charge on any atom is -0.479 e. The Morgan fingerprint density at radius 1 is 1.12 bits per heavy atom. The van der Waals surface area contributed by atoms with Crippen molar-refractivity contribution >= 4 is 16.9 Å². The molecule has 1 unspecified atom stereocenters. The van der Waals surface area contributed by atoms with Crippen LogP contribution < -0.4 is 14.9 Å². The third-order valence-electron chi connectivity index (χ3n) is 4.38. The lowest BCUT2D eigenvalue weighted by Crippen LogP contribution is -2.26. The maximum atomic E-state index is 13.7. The van der Waals surface area contributed by atoms with Gasteiger partial charge >= 0.3 is 12.1 Å². The number of aryl methyl sites for hydroxylation is 1. The average molecular weight is 450 g/mol. The molecular formula is C23H21F3O6. The van der Waals surface area contributed by atoms with Crippen LogP contribution in [0.3, 0.4) is 0 Å². The highest BCUT2D eigenvalue weighted by molar-refractivity contribution is 5.80. The van der Waals surface area contributed by atoms with Crippen molar-refractivity contribution in [3.8, 4) is 17.2 Å². The molecule has 0 aliphatic rings. The predicted molar refractivity (Wildman–Crippen MR) is 110 cm³/mol. The monoisotopic (exact) mass is 450 g/mol. The second-order valence-corrected chi connectivity index (χ2v) is 7.09. The predicted octanol–water partition coefficient (Wildman–Crippen LogP) is 5.63. The zero-order chi connectivity index (χ0) is 23.5.